The largest absolute Gasteiger partial charge is 0.385 e. The Labute approximate surface area is 113 Å². The zero-order chi connectivity index (χ0) is 12.6. The van der Waals surface area contributed by atoms with Crippen LogP contribution >= 0.6 is 23.2 Å². The van der Waals surface area contributed by atoms with E-state index in [2.05, 4.69) is 13.8 Å². The standard InChI is InChI=1S/C14H18Cl2O/c1-9-5-6-14(17,8-10(9)2)11-3-4-12(15)13(16)7-11/h3-4,7,9-10,17H,5-6,8H2,1-2H3. The second-order valence-corrected chi connectivity index (χ2v) is 6.17. The topological polar surface area (TPSA) is 20.2 Å². The molecule has 1 aromatic carbocycles. The Morgan fingerprint density at radius 3 is 2.47 bits per heavy atom. The average Bonchev–Trinajstić information content (AvgIpc) is 2.28. The Morgan fingerprint density at radius 1 is 1.18 bits per heavy atom. The third kappa shape index (κ3) is 2.62. The second kappa shape index (κ2) is 4.79. The van der Waals surface area contributed by atoms with Crippen LogP contribution in [0.25, 0.3) is 0 Å². The fourth-order valence-electron chi connectivity index (χ4n) is 2.63. The predicted octanol–water partition coefficient (Wildman–Crippen LogP) is 4.64. The summed E-state index contributed by atoms with van der Waals surface area (Å²) in [6.45, 7) is 4.45. The van der Waals surface area contributed by atoms with Crippen molar-refractivity contribution in [3.05, 3.63) is 33.8 Å². The highest BCUT2D eigenvalue weighted by atomic mass is 35.5. The Kier molecular flexibility index (Phi) is 3.72. The van der Waals surface area contributed by atoms with Crippen LogP contribution in [0, 0.1) is 11.8 Å². The SMILES string of the molecule is CC1CCC(O)(c2ccc(Cl)c(Cl)c2)CC1C. The van der Waals surface area contributed by atoms with Gasteiger partial charge in [-0.2, -0.15) is 0 Å². The van der Waals surface area contributed by atoms with Crippen LogP contribution in [0.1, 0.15) is 38.7 Å². The van der Waals surface area contributed by atoms with Crippen LogP contribution in [0.15, 0.2) is 18.2 Å². The molecular weight excluding hydrogens is 255 g/mol. The molecule has 1 saturated carbocycles. The van der Waals surface area contributed by atoms with Gasteiger partial charge in [0.1, 0.15) is 0 Å². The van der Waals surface area contributed by atoms with Gasteiger partial charge in [0, 0.05) is 0 Å². The van der Waals surface area contributed by atoms with Gasteiger partial charge in [0.05, 0.1) is 15.6 Å². The maximum absolute atomic E-state index is 10.7. The molecule has 0 radical (unpaired) electrons. The minimum atomic E-state index is -0.736. The molecule has 94 valence electrons. The van der Waals surface area contributed by atoms with E-state index in [9.17, 15) is 5.11 Å². The lowest BCUT2D eigenvalue weighted by molar-refractivity contribution is -0.0336. The van der Waals surface area contributed by atoms with Crippen LogP contribution in [0.5, 0.6) is 0 Å². The van der Waals surface area contributed by atoms with Gasteiger partial charge < -0.3 is 5.11 Å². The molecule has 3 heteroatoms. The summed E-state index contributed by atoms with van der Waals surface area (Å²) in [6.07, 6.45) is 2.65. The number of aliphatic hydroxyl groups is 1. The second-order valence-electron chi connectivity index (χ2n) is 5.36. The van der Waals surface area contributed by atoms with Gasteiger partial charge in [0.2, 0.25) is 0 Å². The van der Waals surface area contributed by atoms with Crippen molar-refractivity contribution in [2.24, 2.45) is 11.8 Å². The fourth-order valence-corrected chi connectivity index (χ4v) is 2.93. The Balaban J connectivity index is 2.29. The summed E-state index contributed by atoms with van der Waals surface area (Å²) in [5.74, 6) is 1.21. The summed E-state index contributed by atoms with van der Waals surface area (Å²) in [5.41, 5.74) is 0.158. The van der Waals surface area contributed by atoms with Gasteiger partial charge in [-0.15, -0.1) is 0 Å². The first-order chi connectivity index (χ1) is 7.92. The molecule has 1 fully saturated rings. The van der Waals surface area contributed by atoms with E-state index in [0.29, 0.717) is 21.9 Å². The molecule has 0 spiro atoms. The molecule has 0 bridgehead atoms. The van der Waals surface area contributed by atoms with Gasteiger partial charge in [-0.05, 0) is 48.8 Å². The Bertz CT molecular complexity index is 419. The van der Waals surface area contributed by atoms with Crippen LogP contribution in [-0.4, -0.2) is 5.11 Å². The van der Waals surface area contributed by atoms with E-state index in [1.54, 1.807) is 12.1 Å². The number of halogens is 2. The normalized spacial score (nSPS) is 33.7. The molecule has 0 amide bonds. The lowest BCUT2D eigenvalue weighted by Gasteiger charge is -2.39. The zero-order valence-corrected chi connectivity index (χ0v) is 11.7. The van der Waals surface area contributed by atoms with E-state index in [-0.39, 0.29) is 0 Å². The van der Waals surface area contributed by atoms with E-state index in [1.807, 2.05) is 6.07 Å². The molecule has 3 unspecified atom stereocenters. The molecule has 1 aromatic rings. The summed E-state index contributed by atoms with van der Waals surface area (Å²) >= 11 is 11.9. The van der Waals surface area contributed by atoms with Crippen molar-refractivity contribution in [2.45, 2.75) is 38.7 Å². The molecule has 0 aromatic heterocycles. The van der Waals surface area contributed by atoms with E-state index in [4.69, 9.17) is 23.2 Å². The molecule has 1 N–H and O–H groups in total. The predicted molar refractivity (Wildman–Crippen MR) is 72.5 cm³/mol. The van der Waals surface area contributed by atoms with Crippen LogP contribution in [0.2, 0.25) is 10.0 Å². The van der Waals surface area contributed by atoms with Crippen molar-refractivity contribution < 1.29 is 5.11 Å². The van der Waals surface area contributed by atoms with Crippen LogP contribution in [0.4, 0.5) is 0 Å². The molecule has 1 nitrogen and oxygen atoms in total. The first kappa shape index (κ1) is 13.2. The Morgan fingerprint density at radius 2 is 1.88 bits per heavy atom. The average molecular weight is 273 g/mol. The molecule has 1 aliphatic rings. The number of hydrogen-bond acceptors (Lipinski definition) is 1. The van der Waals surface area contributed by atoms with E-state index in [0.717, 1.165) is 24.8 Å². The molecule has 3 atom stereocenters. The monoisotopic (exact) mass is 272 g/mol. The third-order valence-electron chi connectivity index (χ3n) is 4.10. The highest BCUT2D eigenvalue weighted by Crippen LogP contribution is 2.43. The van der Waals surface area contributed by atoms with Gasteiger partial charge in [0.25, 0.3) is 0 Å². The molecular formula is C14H18Cl2O. The molecule has 0 heterocycles. The molecule has 2 rings (SSSR count). The molecule has 17 heavy (non-hydrogen) atoms. The van der Waals surface area contributed by atoms with Crippen molar-refractivity contribution >= 4 is 23.2 Å². The highest BCUT2D eigenvalue weighted by molar-refractivity contribution is 6.42. The van der Waals surface area contributed by atoms with Crippen molar-refractivity contribution in [1.82, 2.24) is 0 Å². The minimum Gasteiger partial charge on any atom is -0.385 e. The first-order valence-corrected chi connectivity index (χ1v) is 6.86. The lowest BCUT2D eigenvalue weighted by Crippen LogP contribution is -2.35. The van der Waals surface area contributed by atoms with Crippen molar-refractivity contribution in [1.29, 1.82) is 0 Å². The third-order valence-corrected chi connectivity index (χ3v) is 4.84. The Hall–Kier alpha value is -0.240. The zero-order valence-electron chi connectivity index (χ0n) is 10.2. The quantitative estimate of drug-likeness (QED) is 0.790. The van der Waals surface area contributed by atoms with E-state index < -0.39 is 5.60 Å². The van der Waals surface area contributed by atoms with Crippen LogP contribution in [0.3, 0.4) is 0 Å². The van der Waals surface area contributed by atoms with Gasteiger partial charge in [-0.25, -0.2) is 0 Å². The van der Waals surface area contributed by atoms with Gasteiger partial charge >= 0.3 is 0 Å². The lowest BCUT2D eigenvalue weighted by atomic mass is 9.70. The maximum Gasteiger partial charge on any atom is 0.0899 e. The van der Waals surface area contributed by atoms with Crippen LogP contribution < -0.4 is 0 Å². The first-order valence-electron chi connectivity index (χ1n) is 6.10. The molecule has 0 saturated heterocycles. The van der Waals surface area contributed by atoms with E-state index >= 15 is 0 Å². The number of hydrogen-bond donors (Lipinski definition) is 1. The van der Waals surface area contributed by atoms with Gasteiger partial charge in [0.15, 0.2) is 0 Å². The van der Waals surface area contributed by atoms with Crippen molar-refractivity contribution in [3.63, 3.8) is 0 Å². The smallest absolute Gasteiger partial charge is 0.0899 e. The number of benzene rings is 1. The molecule has 0 aliphatic heterocycles. The van der Waals surface area contributed by atoms with E-state index in [1.165, 1.54) is 0 Å². The summed E-state index contributed by atoms with van der Waals surface area (Å²) in [7, 11) is 0. The summed E-state index contributed by atoms with van der Waals surface area (Å²) in [5, 5.41) is 11.8. The van der Waals surface area contributed by atoms with Crippen molar-refractivity contribution in [2.75, 3.05) is 0 Å². The molecule has 1 aliphatic carbocycles. The highest BCUT2D eigenvalue weighted by Gasteiger charge is 2.37. The van der Waals surface area contributed by atoms with Gasteiger partial charge in [-0.3, -0.25) is 0 Å². The van der Waals surface area contributed by atoms with Crippen LogP contribution in [-0.2, 0) is 5.60 Å². The minimum absolute atomic E-state index is 0.517. The van der Waals surface area contributed by atoms with Crippen molar-refractivity contribution in [3.8, 4) is 0 Å². The van der Waals surface area contributed by atoms with Gasteiger partial charge in [-0.1, -0.05) is 43.1 Å². The number of rotatable bonds is 1. The summed E-state index contributed by atoms with van der Waals surface area (Å²) in [6, 6.07) is 5.45. The summed E-state index contributed by atoms with van der Waals surface area (Å²) < 4.78 is 0. The fraction of sp³-hybridized carbons (Fsp3) is 0.571. The summed E-state index contributed by atoms with van der Waals surface area (Å²) in [4.78, 5) is 0. The maximum atomic E-state index is 10.7.